The Balaban J connectivity index is 2.18. The first-order valence-corrected chi connectivity index (χ1v) is 6.57. The molecule has 0 saturated heterocycles. The van der Waals surface area contributed by atoms with Crippen LogP contribution in [-0.4, -0.2) is 23.1 Å². The molecule has 0 amide bonds. The van der Waals surface area contributed by atoms with Gasteiger partial charge in [0.05, 0.1) is 0 Å². The molecule has 1 fully saturated rings. The zero-order valence-electron chi connectivity index (χ0n) is 9.18. The quantitative estimate of drug-likeness (QED) is 0.734. The second-order valence-corrected chi connectivity index (χ2v) is 5.78. The van der Waals surface area contributed by atoms with Gasteiger partial charge in [-0.3, -0.25) is 0 Å². The van der Waals surface area contributed by atoms with Gasteiger partial charge < -0.3 is 5.32 Å². The predicted octanol–water partition coefficient (Wildman–Crippen LogP) is 3.05. The highest BCUT2D eigenvalue weighted by Crippen LogP contribution is 2.32. The van der Waals surface area contributed by atoms with E-state index in [1.54, 1.807) is 0 Å². The zero-order valence-corrected chi connectivity index (χ0v) is 9.99. The Labute approximate surface area is 87.1 Å². The smallest absolute Gasteiger partial charge is 0.0172 e. The first-order chi connectivity index (χ1) is 6.24. The van der Waals surface area contributed by atoms with E-state index >= 15 is 0 Å². The van der Waals surface area contributed by atoms with Gasteiger partial charge in [0.25, 0.3) is 0 Å². The summed E-state index contributed by atoms with van der Waals surface area (Å²) in [7, 11) is 0. The molecule has 1 saturated carbocycles. The minimum atomic E-state index is 0.663. The minimum Gasteiger partial charge on any atom is -0.313 e. The fourth-order valence-corrected chi connectivity index (χ4v) is 3.48. The van der Waals surface area contributed by atoms with Crippen LogP contribution >= 0.6 is 11.8 Å². The van der Waals surface area contributed by atoms with E-state index in [1.807, 2.05) is 0 Å². The van der Waals surface area contributed by atoms with E-state index in [4.69, 9.17) is 0 Å². The van der Waals surface area contributed by atoms with E-state index in [2.05, 4.69) is 37.8 Å². The molecule has 0 bridgehead atoms. The van der Waals surface area contributed by atoms with Crippen LogP contribution in [0.4, 0.5) is 0 Å². The summed E-state index contributed by atoms with van der Waals surface area (Å²) in [5, 5.41) is 5.22. The molecule has 2 atom stereocenters. The van der Waals surface area contributed by atoms with Crippen molar-refractivity contribution in [2.24, 2.45) is 0 Å². The van der Waals surface area contributed by atoms with Crippen LogP contribution < -0.4 is 5.32 Å². The molecule has 1 N–H and O–H groups in total. The maximum Gasteiger partial charge on any atom is 0.0172 e. The number of nitrogens with one attached hydrogen (secondary N) is 1. The second-order valence-electron chi connectivity index (χ2n) is 4.09. The van der Waals surface area contributed by atoms with Gasteiger partial charge in [0.1, 0.15) is 0 Å². The van der Waals surface area contributed by atoms with Gasteiger partial charge in [-0.05, 0) is 26.3 Å². The van der Waals surface area contributed by atoms with Crippen LogP contribution in [0.5, 0.6) is 0 Å². The van der Waals surface area contributed by atoms with Crippen LogP contribution in [0.15, 0.2) is 0 Å². The molecule has 78 valence electrons. The van der Waals surface area contributed by atoms with Crippen molar-refractivity contribution >= 4 is 11.8 Å². The topological polar surface area (TPSA) is 12.0 Å². The third-order valence-electron chi connectivity index (χ3n) is 2.94. The van der Waals surface area contributed by atoms with Crippen molar-refractivity contribution in [1.82, 2.24) is 5.32 Å². The van der Waals surface area contributed by atoms with Crippen molar-refractivity contribution in [2.75, 3.05) is 6.54 Å². The molecule has 2 unspecified atom stereocenters. The lowest BCUT2D eigenvalue weighted by Crippen LogP contribution is -2.34. The van der Waals surface area contributed by atoms with Gasteiger partial charge in [0, 0.05) is 16.5 Å². The van der Waals surface area contributed by atoms with Gasteiger partial charge in [-0.15, -0.1) is 0 Å². The molecule has 0 spiro atoms. The lowest BCUT2D eigenvalue weighted by Gasteiger charge is -2.23. The van der Waals surface area contributed by atoms with Crippen molar-refractivity contribution in [3.05, 3.63) is 0 Å². The Morgan fingerprint density at radius 3 is 2.46 bits per heavy atom. The first-order valence-electron chi connectivity index (χ1n) is 5.63. The average Bonchev–Trinajstić information content (AvgIpc) is 2.57. The Bertz CT molecular complexity index is 132. The van der Waals surface area contributed by atoms with Gasteiger partial charge >= 0.3 is 0 Å². The molecule has 1 rings (SSSR count). The summed E-state index contributed by atoms with van der Waals surface area (Å²) in [5.74, 6) is 0. The highest BCUT2D eigenvalue weighted by Gasteiger charge is 2.20. The number of hydrogen-bond acceptors (Lipinski definition) is 2. The van der Waals surface area contributed by atoms with Crippen LogP contribution in [0.2, 0.25) is 0 Å². The van der Waals surface area contributed by atoms with Crippen LogP contribution in [0.1, 0.15) is 46.5 Å². The largest absolute Gasteiger partial charge is 0.313 e. The van der Waals surface area contributed by atoms with Gasteiger partial charge in [0.2, 0.25) is 0 Å². The van der Waals surface area contributed by atoms with E-state index < -0.39 is 0 Å². The van der Waals surface area contributed by atoms with Crippen molar-refractivity contribution in [2.45, 2.75) is 63.0 Å². The van der Waals surface area contributed by atoms with Gasteiger partial charge in [-0.2, -0.15) is 11.8 Å². The molecular weight excluding hydrogens is 178 g/mol. The zero-order chi connectivity index (χ0) is 9.68. The molecule has 0 aromatic heterocycles. The molecule has 0 aromatic rings. The summed E-state index contributed by atoms with van der Waals surface area (Å²) in [6.07, 6.45) is 5.82. The normalized spacial score (nSPS) is 23.3. The van der Waals surface area contributed by atoms with E-state index in [1.165, 1.54) is 25.7 Å². The van der Waals surface area contributed by atoms with E-state index in [9.17, 15) is 0 Å². The minimum absolute atomic E-state index is 0.663. The predicted molar refractivity (Wildman–Crippen MR) is 62.4 cm³/mol. The monoisotopic (exact) mass is 201 g/mol. The Hall–Kier alpha value is 0.310. The highest BCUT2D eigenvalue weighted by molar-refractivity contribution is 8.00. The van der Waals surface area contributed by atoms with Crippen molar-refractivity contribution in [3.63, 3.8) is 0 Å². The van der Waals surface area contributed by atoms with Crippen LogP contribution in [0.3, 0.4) is 0 Å². The lowest BCUT2D eigenvalue weighted by atomic mass is 10.2. The van der Waals surface area contributed by atoms with E-state index in [0.29, 0.717) is 6.04 Å². The number of thioether (sulfide) groups is 1. The molecule has 0 radical (unpaired) electrons. The third-order valence-corrected chi connectivity index (χ3v) is 4.63. The molecular formula is C11H23NS. The van der Waals surface area contributed by atoms with Crippen LogP contribution in [0, 0.1) is 0 Å². The summed E-state index contributed by atoms with van der Waals surface area (Å²) in [5.41, 5.74) is 0. The lowest BCUT2D eigenvalue weighted by molar-refractivity contribution is 0.561. The molecule has 1 aliphatic carbocycles. The molecule has 2 heteroatoms. The van der Waals surface area contributed by atoms with Crippen molar-refractivity contribution < 1.29 is 0 Å². The summed E-state index contributed by atoms with van der Waals surface area (Å²) in [6.45, 7) is 7.94. The molecule has 0 heterocycles. The van der Waals surface area contributed by atoms with Crippen LogP contribution in [0.25, 0.3) is 0 Å². The number of rotatable bonds is 5. The molecule has 0 aliphatic heterocycles. The third kappa shape index (κ3) is 3.90. The molecule has 1 aliphatic rings. The maximum absolute atomic E-state index is 3.50. The highest BCUT2D eigenvalue weighted by atomic mass is 32.2. The fraction of sp³-hybridized carbons (Fsp3) is 1.00. The number of hydrogen-bond donors (Lipinski definition) is 1. The first kappa shape index (κ1) is 11.4. The second kappa shape index (κ2) is 5.92. The molecule has 1 nitrogen and oxygen atoms in total. The fourth-order valence-electron chi connectivity index (χ4n) is 1.93. The summed E-state index contributed by atoms with van der Waals surface area (Å²) < 4.78 is 0. The van der Waals surface area contributed by atoms with Crippen molar-refractivity contribution in [3.8, 4) is 0 Å². The maximum atomic E-state index is 3.50. The Kier molecular flexibility index (Phi) is 5.18. The summed E-state index contributed by atoms with van der Waals surface area (Å²) in [6, 6.07) is 0.663. The van der Waals surface area contributed by atoms with Gasteiger partial charge in [0.15, 0.2) is 0 Å². The Morgan fingerprint density at radius 2 is 1.92 bits per heavy atom. The summed E-state index contributed by atoms with van der Waals surface area (Å²) >= 11 is 2.19. The van der Waals surface area contributed by atoms with E-state index in [-0.39, 0.29) is 0 Å². The average molecular weight is 201 g/mol. The van der Waals surface area contributed by atoms with Crippen molar-refractivity contribution in [1.29, 1.82) is 0 Å². The SMILES string of the molecule is CCNC(C)C(C)SC1CCCC1. The van der Waals surface area contributed by atoms with Crippen LogP contribution in [-0.2, 0) is 0 Å². The standard InChI is InChI=1S/C11H23NS/c1-4-12-9(2)10(3)13-11-7-5-6-8-11/h9-12H,4-8H2,1-3H3. The molecule has 13 heavy (non-hydrogen) atoms. The van der Waals surface area contributed by atoms with E-state index in [0.717, 1.165) is 17.0 Å². The summed E-state index contributed by atoms with van der Waals surface area (Å²) in [4.78, 5) is 0. The molecule has 0 aromatic carbocycles. The Morgan fingerprint density at radius 1 is 1.31 bits per heavy atom. The van der Waals surface area contributed by atoms with Gasteiger partial charge in [-0.1, -0.05) is 26.7 Å². The van der Waals surface area contributed by atoms with Gasteiger partial charge in [-0.25, -0.2) is 0 Å².